The first-order chi connectivity index (χ1) is 26.3. The van der Waals surface area contributed by atoms with Crippen LogP contribution in [0, 0.1) is 0 Å². The number of hydrogen-bond acceptors (Lipinski definition) is 2. The molecule has 0 aliphatic heterocycles. The summed E-state index contributed by atoms with van der Waals surface area (Å²) < 4.78 is 8.92. The fourth-order valence-electron chi connectivity index (χ4n) is 8.40. The van der Waals surface area contributed by atoms with E-state index in [2.05, 4.69) is 204 Å². The van der Waals surface area contributed by atoms with Crippen LogP contribution in [-0.2, 0) is 0 Å². The lowest BCUT2D eigenvalue weighted by Gasteiger charge is -2.29. The van der Waals surface area contributed by atoms with E-state index in [1.807, 2.05) is 0 Å². The van der Waals surface area contributed by atoms with E-state index in [0.717, 1.165) is 55.8 Å². The van der Waals surface area contributed by atoms with Crippen LogP contribution in [0.15, 0.2) is 199 Å². The molecular formula is C50H32N2O. The molecule has 0 aliphatic carbocycles. The van der Waals surface area contributed by atoms with Gasteiger partial charge in [-0.3, -0.25) is 0 Å². The Balaban J connectivity index is 1.14. The second kappa shape index (κ2) is 11.7. The summed E-state index contributed by atoms with van der Waals surface area (Å²) in [6, 6.07) is 69.8. The molecule has 2 aromatic heterocycles. The molecule has 53 heavy (non-hydrogen) atoms. The van der Waals surface area contributed by atoms with Gasteiger partial charge in [0.1, 0.15) is 11.2 Å². The SMILES string of the molecule is c1ccc(N(c2ccc(-n3c4ccccc4c4ccccc43)cc2)c2cccc3ccccc23)c(-c2cccc3oc4cc5ccccc5cc4c23)c1. The summed E-state index contributed by atoms with van der Waals surface area (Å²) >= 11 is 0. The minimum Gasteiger partial charge on any atom is -0.456 e. The molecule has 0 unspecified atom stereocenters. The zero-order chi connectivity index (χ0) is 34.9. The Labute approximate surface area is 306 Å². The van der Waals surface area contributed by atoms with Crippen LogP contribution in [0.5, 0.6) is 0 Å². The maximum absolute atomic E-state index is 6.54. The van der Waals surface area contributed by atoms with Crippen molar-refractivity contribution in [1.29, 1.82) is 0 Å². The van der Waals surface area contributed by atoms with Crippen LogP contribution < -0.4 is 4.90 Å². The number of para-hydroxylation sites is 3. The second-order valence-electron chi connectivity index (χ2n) is 13.7. The van der Waals surface area contributed by atoms with Crippen molar-refractivity contribution in [2.75, 3.05) is 4.90 Å². The molecule has 0 N–H and O–H groups in total. The summed E-state index contributed by atoms with van der Waals surface area (Å²) in [4.78, 5) is 2.42. The predicted molar refractivity (Wildman–Crippen MR) is 223 cm³/mol. The smallest absolute Gasteiger partial charge is 0.136 e. The Morgan fingerprint density at radius 3 is 1.72 bits per heavy atom. The molecule has 0 aliphatic rings. The standard InChI is InChI=1S/C50H32N2O/c1-2-15-35-32-49-43(31-34(35)14-1)50-42(21-12-26-48(50)53-49)41-20-7-10-24-47(41)51(44-25-11-16-33-13-3-4-17-38(33)44)36-27-29-37(30-28-36)52-45-22-8-5-18-39(45)40-19-6-9-23-46(40)52/h1-32H. The molecule has 0 bridgehead atoms. The fraction of sp³-hybridized carbons (Fsp3) is 0. The molecule has 0 saturated heterocycles. The van der Waals surface area contributed by atoms with E-state index in [0.29, 0.717) is 0 Å². The van der Waals surface area contributed by atoms with Crippen LogP contribution in [0.25, 0.3) is 82.1 Å². The van der Waals surface area contributed by atoms with Crippen molar-refractivity contribution in [3.8, 4) is 16.8 Å². The van der Waals surface area contributed by atoms with Gasteiger partial charge in [0.15, 0.2) is 0 Å². The van der Waals surface area contributed by atoms with Crippen molar-refractivity contribution in [2.45, 2.75) is 0 Å². The van der Waals surface area contributed by atoms with E-state index in [1.54, 1.807) is 0 Å². The van der Waals surface area contributed by atoms with Gasteiger partial charge >= 0.3 is 0 Å². The normalized spacial score (nSPS) is 11.8. The van der Waals surface area contributed by atoms with E-state index >= 15 is 0 Å². The lowest BCUT2D eigenvalue weighted by molar-refractivity contribution is 0.669. The summed E-state index contributed by atoms with van der Waals surface area (Å²) in [7, 11) is 0. The average Bonchev–Trinajstić information content (AvgIpc) is 3.76. The number of hydrogen-bond donors (Lipinski definition) is 0. The molecule has 3 heteroatoms. The zero-order valence-electron chi connectivity index (χ0n) is 28.8. The minimum atomic E-state index is 0.884. The third-order valence-corrected chi connectivity index (χ3v) is 10.8. The van der Waals surface area contributed by atoms with Gasteiger partial charge in [-0.25, -0.2) is 0 Å². The highest BCUT2D eigenvalue weighted by Gasteiger charge is 2.22. The lowest BCUT2D eigenvalue weighted by Crippen LogP contribution is -2.12. The van der Waals surface area contributed by atoms with Crippen molar-refractivity contribution in [3.63, 3.8) is 0 Å². The van der Waals surface area contributed by atoms with Gasteiger partial charge < -0.3 is 13.9 Å². The van der Waals surface area contributed by atoms with Gasteiger partial charge in [0, 0.05) is 43.9 Å². The number of benzene rings is 9. The van der Waals surface area contributed by atoms with Crippen molar-refractivity contribution >= 4 is 82.4 Å². The van der Waals surface area contributed by atoms with E-state index < -0.39 is 0 Å². The molecule has 9 aromatic carbocycles. The van der Waals surface area contributed by atoms with Gasteiger partial charge in [0.25, 0.3) is 0 Å². The topological polar surface area (TPSA) is 21.3 Å². The quantitative estimate of drug-likeness (QED) is 0.181. The highest BCUT2D eigenvalue weighted by atomic mass is 16.3. The molecule has 0 radical (unpaired) electrons. The van der Waals surface area contributed by atoms with Gasteiger partial charge in [0.05, 0.1) is 22.4 Å². The third kappa shape index (κ3) is 4.61. The maximum atomic E-state index is 6.54. The fourth-order valence-corrected chi connectivity index (χ4v) is 8.40. The molecule has 248 valence electrons. The molecule has 2 heterocycles. The average molecular weight is 677 g/mol. The lowest BCUT2D eigenvalue weighted by atomic mass is 9.96. The Bertz CT molecular complexity index is 3130. The van der Waals surface area contributed by atoms with Crippen LogP contribution in [0.1, 0.15) is 0 Å². The first-order valence-corrected chi connectivity index (χ1v) is 18.1. The highest BCUT2D eigenvalue weighted by Crippen LogP contribution is 2.47. The largest absolute Gasteiger partial charge is 0.456 e. The summed E-state index contributed by atoms with van der Waals surface area (Å²) in [6.45, 7) is 0. The Morgan fingerprint density at radius 2 is 0.943 bits per heavy atom. The van der Waals surface area contributed by atoms with Crippen molar-refractivity contribution in [3.05, 3.63) is 194 Å². The molecule has 3 nitrogen and oxygen atoms in total. The van der Waals surface area contributed by atoms with E-state index in [-0.39, 0.29) is 0 Å². The molecule has 11 aromatic rings. The van der Waals surface area contributed by atoms with E-state index in [4.69, 9.17) is 4.42 Å². The molecule has 0 spiro atoms. The van der Waals surface area contributed by atoms with Gasteiger partial charge in [-0.15, -0.1) is 0 Å². The first-order valence-electron chi connectivity index (χ1n) is 18.1. The summed E-state index contributed by atoms with van der Waals surface area (Å²) in [5.41, 5.74) is 10.9. The number of anilines is 3. The maximum Gasteiger partial charge on any atom is 0.136 e. The van der Waals surface area contributed by atoms with Gasteiger partial charge in [-0.05, 0) is 88.5 Å². The van der Waals surface area contributed by atoms with Crippen LogP contribution >= 0.6 is 0 Å². The molecule has 0 amide bonds. The Morgan fingerprint density at radius 1 is 0.377 bits per heavy atom. The molecule has 0 atom stereocenters. The molecular weight excluding hydrogens is 645 g/mol. The Kier molecular flexibility index (Phi) is 6.55. The first kappa shape index (κ1) is 29.6. The summed E-state index contributed by atoms with van der Waals surface area (Å²) in [5.74, 6) is 0. The number of furan rings is 1. The van der Waals surface area contributed by atoms with Gasteiger partial charge in [-0.1, -0.05) is 127 Å². The van der Waals surface area contributed by atoms with E-state index in [9.17, 15) is 0 Å². The number of fused-ring (bicyclic) bond motifs is 8. The number of rotatable bonds is 5. The van der Waals surface area contributed by atoms with Crippen LogP contribution in [0.4, 0.5) is 17.1 Å². The summed E-state index contributed by atoms with van der Waals surface area (Å²) in [5, 5.41) is 9.52. The molecule has 11 rings (SSSR count). The minimum absolute atomic E-state index is 0.884. The van der Waals surface area contributed by atoms with Crippen LogP contribution in [-0.4, -0.2) is 4.57 Å². The molecule has 0 fully saturated rings. The number of aromatic nitrogens is 1. The van der Waals surface area contributed by atoms with Crippen molar-refractivity contribution in [1.82, 2.24) is 4.57 Å². The van der Waals surface area contributed by atoms with Crippen molar-refractivity contribution < 1.29 is 4.42 Å². The van der Waals surface area contributed by atoms with Crippen LogP contribution in [0.2, 0.25) is 0 Å². The highest BCUT2D eigenvalue weighted by molar-refractivity contribution is 6.17. The number of nitrogens with zero attached hydrogens (tertiary/aromatic N) is 2. The molecule has 0 saturated carbocycles. The Hall–Kier alpha value is -7.10. The van der Waals surface area contributed by atoms with Crippen molar-refractivity contribution in [2.24, 2.45) is 0 Å². The predicted octanol–water partition coefficient (Wildman–Crippen LogP) is 14.1. The van der Waals surface area contributed by atoms with E-state index in [1.165, 1.54) is 43.4 Å². The summed E-state index contributed by atoms with van der Waals surface area (Å²) in [6.07, 6.45) is 0. The van der Waals surface area contributed by atoms with Gasteiger partial charge in [-0.2, -0.15) is 0 Å². The van der Waals surface area contributed by atoms with Gasteiger partial charge in [0.2, 0.25) is 0 Å². The van der Waals surface area contributed by atoms with Crippen LogP contribution in [0.3, 0.4) is 0 Å². The monoisotopic (exact) mass is 676 g/mol. The third-order valence-electron chi connectivity index (χ3n) is 10.8. The zero-order valence-corrected chi connectivity index (χ0v) is 28.8. The second-order valence-corrected chi connectivity index (χ2v) is 13.7.